The third kappa shape index (κ3) is 2.43. The zero-order valence-electron chi connectivity index (χ0n) is 10.9. The Kier molecular flexibility index (Phi) is 4.26. The molecule has 1 heterocycles. The lowest BCUT2D eigenvalue weighted by molar-refractivity contribution is 0.409. The van der Waals surface area contributed by atoms with Gasteiger partial charge in [-0.15, -0.1) is 0 Å². The van der Waals surface area contributed by atoms with Gasteiger partial charge in [0.15, 0.2) is 0 Å². The summed E-state index contributed by atoms with van der Waals surface area (Å²) >= 11 is 3.66. The summed E-state index contributed by atoms with van der Waals surface area (Å²) in [6, 6.07) is 0.650. The summed E-state index contributed by atoms with van der Waals surface area (Å²) in [5.41, 5.74) is 1.40. The van der Waals surface area contributed by atoms with E-state index in [1.807, 2.05) is 6.20 Å². The molecule has 1 N–H and O–H groups in total. The molecule has 1 aliphatic carbocycles. The number of aryl methyl sites for hydroxylation is 1. The average Bonchev–Trinajstić information content (AvgIpc) is 2.84. The van der Waals surface area contributed by atoms with Crippen LogP contribution in [0.5, 0.6) is 0 Å². The highest BCUT2D eigenvalue weighted by Crippen LogP contribution is 2.42. The smallest absolute Gasteiger partial charge is 0.0635 e. The first-order valence-electron chi connectivity index (χ1n) is 6.57. The van der Waals surface area contributed by atoms with Gasteiger partial charge in [-0.2, -0.15) is 5.10 Å². The van der Waals surface area contributed by atoms with E-state index >= 15 is 0 Å². The van der Waals surface area contributed by atoms with Crippen LogP contribution in [-0.2, 0) is 6.54 Å². The Hall–Kier alpha value is -0.350. The Morgan fingerprint density at radius 3 is 2.88 bits per heavy atom. The number of rotatable bonds is 4. The Morgan fingerprint density at radius 1 is 1.53 bits per heavy atom. The summed E-state index contributed by atoms with van der Waals surface area (Å²) in [7, 11) is 2.07. The first-order chi connectivity index (χ1) is 8.19. The van der Waals surface area contributed by atoms with Gasteiger partial charge < -0.3 is 5.32 Å². The molecule has 1 aliphatic rings. The normalized spacial score (nSPS) is 28.8. The molecule has 3 atom stereocenters. The largest absolute Gasteiger partial charge is 0.317 e. The van der Waals surface area contributed by atoms with E-state index in [9.17, 15) is 0 Å². The van der Waals surface area contributed by atoms with E-state index in [0.29, 0.717) is 17.9 Å². The highest BCUT2D eigenvalue weighted by molar-refractivity contribution is 9.10. The molecule has 17 heavy (non-hydrogen) atoms. The Morgan fingerprint density at radius 2 is 2.29 bits per heavy atom. The molecule has 1 fully saturated rings. The van der Waals surface area contributed by atoms with Crippen molar-refractivity contribution in [2.75, 3.05) is 7.05 Å². The maximum atomic E-state index is 4.48. The van der Waals surface area contributed by atoms with Gasteiger partial charge in [-0.1, -0.05) is 13.8 Å². The molecular formula is C13H22BrN3. The van der Waals surface area contributed by atoms with Gasteiger partial charge in [0.25, 0.3) is 0 Å². The van der Waals surface area contributed by atoms with E-state index in [4.69, 9.17) is 0 Å². The van der Waals surface area contributed by atoms with Crippen molar-refractivity contribution in [3.8, 4) is 0 Å². The first kappa shape index (κ1) is 13.1. The zero-order valence-corrected chi connectivity index (χ0v) is 12.5. The third-order valence-corrected chi connectivity index (χ3v) is 4.66. The van der Waals surface area contributed by atoms with E-state index in [2.05, 4.69) is 51.9 Å². The van der Waals surface area contributed by atoms with Gasteiger partial charge in [0, 0.05) is 18.5 Å². The Balaban J connectivity index is 2.25. The molecule has 0 spiro atoms. The van der Waals surface area contributed by atoms with Crippen molar-refractivity contribution in [3.05, 3.63) is 16.4 Å². The van der Waals surface area contributed by atoms with Crippen LogP contribution in [0.2, 0.25) is 0 Å². The van der Waals surface area contributed by atoms with Crippen LogP contribution >= 0.6 is 15.9 Å². The molecule has 0 amide bonds. The van der Waals surface area contributed by atoms with Crippen molar-refractivity contribution in [2.24, 2.45) is 5.92 Å². The lowest BCUT2D eigenvalue weighted by atomic mass is 9.92. The highest BCUT2D eigenvalue weighted by Gasteiger charge is 2.35. The fraction of sp³-hybridized carbons (Fsp3) is 0.769. The van der Waals surface area contributed by atoms with Crippen LogP contribution in [0.3, 0.4) is 0 Å². The molecule has 96 valence electrons. The lowest BCUT2D eigenvalue weighted by Gasteiger charge is -2.21. The average molecular weight is 300 g/mol. The van der Waals surface area contributed by atoms with E-state index in [1.165, 1.54) is 23.0 Å². The second-order valence-corrected chi connectivity index (χ2v) is 5.89. The van der Waals surface area contributed by atoms with Crippen LogP contribution in [0, 0.1) is 5.92 Å². The molecule has 0 aliphatic heterocycles. The van der Waals surface area contributed by atoms with E-state index in [0.717, 1.165) is 13.0 Å². The number of halogens is 1. The van der Waals surface area contributed by atoms with Crippen LogP contribution in [0.1, 0.15) is 44.7 Å². The molecule has 1 saturated carbocycles. The second kappa shape index (κ2) is 5.53. The molecular weight excluding hydrogens is 278 g/mol. The number of aromatic nitrogens is 2. The second-order valence-electron chi connectivity index (χ2n) is 5.04. The van der Waals surface area contributed by atoms with Gasteiger partial charge in [0.05, 0.1) is 16.4 Å². The maximum absolute atomic E-state index is 4.48. The summed E-state index contributed by atoms with van der Waals surface area (Å²) in [5, 5.41) is 7.92. The van der Waals surface area contributed by atoms with E-state index < -0.39 is 0 Å². The molecule has 3 unspecified atom stereocenters. The number of nitrogens with zero attached hydrogens (tertiary/aromatic N) is 2. The minimum absolute atomic E-state index is 0.635. The van der Waals surface area contributed by atoms with E-state index in [-0.39, 0.29) is 0 Å². The monoisotopic (exact) mass is 299 g/mol. The molecule has 1 aromatic heterocycles. The van der Waals surface area contributed by atoms with Gasteiger partial charge in [-0.3, -0.25) is 4.68 Å². The molecule has 2 rings (SSSR count). The molecule has 0 bridgehead atoms. The Bertz CT molecular complexity index is 375. The van der Waals surface area contributed by atoms with Crippen molar-refractivity contribution >= 4 is 15.9 Å². The molecule has 0 saturated heterocycles. The molecule has 1 aromatic rings. The van der Waals surface area contributed by atoms with Crippen LogP contribution in [-0.4, -0.2) is 22.9 Å². The van der Waals surface area contributed by atoms with Crippen LogP contribution in [0.25, 0.3) is 0 Å². The number of hydrogen-bond donors (Lipinski definition) is 1. The van der Waals surface area contributed by atoms with Gasteiger partial charge >= 0.3 is 0 Å². The minimum atomic E-state index is 0.635. The minimum Gasteiger partial charge on any atom is -0.317 e. The summed E-state index contributed by atoms with van der Waals surface area (Å²) in [5.74, 6) is 1.32. The van der Waals surface area contributed by atoms with Gasteiger partial charge in [-0.25, -0.2) is 0 Å². The third-order valence-electron chi connectivity index (χ3n) is 4.05. The maximum Gasteiger partial charge on any atom is 0.0635 e. The van der Waals surface area contributed by atoms with E-state index in [1.54, 1.807) is 0 Å². The fourth-order valence-corrected chi connectivity index (χ4v) is 3.68. The van der Waals surface area contributed by atoms with Crippen LogP contribution < -0.4 is 5.32 Å². The van der Waals surface area contributed by atoms with Crippen LogP contribution in [0.15, 0.2) is 10.7 Å². The predicted octanol–water partition coefficient (Wildman–Crippen LogP) is 3.16. The first-order valence-corrected chi connectivity index (χ1v) is 7.36. The SMILES string of the molecule is CCCn1ncc(Br)c1C1CCC(NC)C1C. The number of nitrogens with one attached hydrogen (secondary N) is 1. The van der Waals surface area contributed by atoms with Crippen molar-refractivity contribution in [1.82, 2.24) is 15.1 Å². The standard InChI is InChI=1S/C13H22BrN3/c1-4-7-17-13(11(14)8-16-17)10-5-6-12(15-3)9(10)2/h8-10,12,15H,4-7H2,1-3H3. The summed E-state index contributed by atoms with van der Waals surface area (Å²) in [6.45, 7) is 5.58. The topological polar surface area (TPSA) is 29.9 Å². The van der Waals surface area contributed by atoms with Crippen molar-refractivity contribution in [3.63, 3.8) is 0 Å². The van der Waals surface area contributed by atoms with Crippen molar-refractivity contribution in [1.29, 1.82) is 0 Å². The quantitative estimate of drug-likeness (QED) is 0.925. The molecule has 4 heteroatoms. The summed E-state index contributed by atoms with van der Waals surface area (Å²) in [6.07, 6.45) is 5.62. The molecule has 0 aromatic carbocycles. The molecule has 3 nitrogen and oxygen atoms in total. The van der Waals surface area contributed by atoms with Crippen molar-refractivity contribution in [2.45, 2.75) is 51.6 Å². The van der Waals surface area contributed by atoms with Gasteiger partial charge in [0.2, 0.25) is 0 Å². The fourth-order valence-electron chi connectivity index (χ4n) is 3.09. The molecule has 0 radical (unpaired) electrons. The number of hydrogen-bond acceptors (Lipinski definition) is 2. The Labute approximate surface area is 112 Å². The summed E-state index contributed by atoms with van der Waals surface area (Å²) in [4.78, 5) is 0. The lowest BCUT2D eigenvalue weighted by Crippen LogP contribution is -2.29. The van der Waals surface area contributed by atoms with Gasteiger partial charge in [0.1, 0.15) is 0 Å². The zero-order chi connectivity index (χ0) is 12.4. The van der Waals surface area contributed by atoms with Gasteiger partial charge in [-0.05, 0) is 48.2 Å². The highest BCUT2D eigenvalue weighted by atomic mass is 79.9. The van der Waals surface area contributed by atoms with Crippen molar-refractivity contribution < 1.29 is 0 Å². The van der Waals surface area contributed by atoms with Crippen LogP contribution in [0.4, 0.5) is 0 Å². The predicted molar refractivity (Wildman–Crippen MR) is 74.2 cm³/mol. The summed E-state index contributed by atoms with van der Waals surface area (Å²) < 4.78 is 3.36.